The van der Waals surface area contributed by atoms with E-state index in [9.17, 15) is 14.4 Å². The zero-order valence-electron chi connectivity index (χ0n) is 24.9. The molecule has 2 saturated carbocycles. The molecule has 0 radical (unpaired) electrons. The summed E-state index contributed by atoms with van der Waals surface area (Å²) in [5.41, 5.74) is 13.3. The number of carboxylic acids is 1. The van der Waals surface area contributed by atoms with Crippen molar-refractivity contribution < 1.29 is 29.0 Å². The maximum Gasteiger partial charge on any atom is 0.314 e. The van der Waals surface area contributed by atoms with E-state index < -0.39 is 5.97 Å². The fraction of sp³-hybridized carbons (Fsp3) is 0.529. The van der Waals surface area contributed by atoms with Crippen LogP contribution < -0.4 is 20.9 Å². The van der Waals surface area contributed by atoms with Gasteiger partial charge in [0.15, 0.2) is 0 Å². The molecule has 0 aromatic heterocycles. The highest BCUT2D eigenvalue weighted by molar-refractivity contribution is 5.75. The van der Waals surface area contributed by atoms with Gasteiger partial charge in [-0.15, -0.1) is 0 Å². The molecule has 4 rings (SSSR count). The van der Waals surface area contributed by atoms with Crippen molar-refractivity contribution in [3.8, 4) is 17.6 Å². The number of ether oxygens (including phenoxy) is 2. The molecule has 2 aromatic rings. The van der Waals surface area contributed by atoms with Crippen LogP contribution in [-0.4, -0.2) is 36.1 Å². The predicted octanol–water partition coefficient (Wildman–Crippen LogP) is 5.19. The first-order valence-electron chi connectivity index (χ1n) is 15.4. The lowest BCUT2D eigenvalue weighted by molar-refractivity contribution is -0.141. The van der Waals surface area contributed by atoms with E-state index in [-0.39, 0.29) is 30.2 Å². The van der Waals surface area contributed by atoms with Crippen LogP contribution in [0.1, 0.15) is 75.3 Å². The second-order valence-corrected chi connectivity index (χ2v) is 11.6. The Morgan fingerprint density at radius 1 is 0.698 bits per heavy atom. The summed E-state index contributed by atoms with van der Waals surface area (Å²) >= 11 is 0. The van der Waals surface area contributed by atoms with Gasteiger partial charge in [-0.3, -0.25) is 14.4 Å². The minimum absolute atomic E-state index is 0.00562. The Bertz CT molecular complexity index is 1190. The topological polar surface area (TPSA) is 166 Å². The van der Waals surface area contributed by atoms with Crippen LogP contribution in [0.2, 0.25) is 0 Å². The number of nitriles is 1. The predicted molar refractivity (Wildman–Crippen MR) is 163 cm³/mol. The van der Waals surface area contributed by atoms with E-state index in [2.05, 4.69) is 6.07 Å². The van der Waals surface area contributed by atoms with Crippen molar-refractivity contribution in [3.63, 3.8) is 0 Å². The first kappa shape index (κ1) is 33.8. The average molecular weight is 592 g/mol. The fourth-order valence-electron chi connectivity index (χ4n) is 5.57. The van der Waals surface area contributed by atoms with Gasteiger partial charge in [-0.05, 0) is 125 Å². The minimum Gasteiger partial charge on any atom is -0.481 e. The van der Waals surface area contributed by atoms with E-state index in [1.807, 2.05) is 12.1 Å². The Hall–Kier alpha value is -3.74. The number of nitrogens with two attached hydrogens (primary N) is 2. The van der Waals surface area contributed by atoms with Crippen LogP contribution in [-0.2, 0) is 27.2 Å². The SMILES string of the molecule is N#CCCc1ccc(OC(=O)C2CCC(CN)CC2)cc1.NCC1CCC(C(=O)Oc2ccc(CCC(=O)O)cc2)CC1. The van der Waals surface area contributed by atoms with Gasteiger partial charge in [0.25, 0.3) is 0 Å². The van der Waals surface area contributed by atoms with E-state index in [0.717, 1.165) is 68.9 Å². The zero-order chi connectivity index (χ0) is 31.0. The van der Waals surface area contributed by atoms with Gasteiger partial charge in [-0.25, -0.2) is 0 Å². The number of aryl methyl sites for hydroxylation is 2. The third-order valence-electron chi connectivity index (χ3n) is 8.46. The van der Waals surface area contributed by atoms with Crippen LogP contribution in [0.25, 0.3) is 0 Å². The molecule has 232 valence electrons. The zero-order valence-corrected chi connectivity index (χ0v) is 24.9. The van der Waals surface area contributed by atoms with Crippen LogP contribution in [0.3, 0.4) is 0 Å². The van der Waals surface area contributed by atoms with Gasteiger partial charge in [0.2, 0.25) is 0 Å². The van der Waals surface area contributed by atoms with Crippen LogP contribution in [0, 0.1) is 35.0 Å². The van der Waals surface area contributed by atoms with E-state index in [1.54, 1.807) is 36.4 Å². The molecular formula is C34H45N3O6. The lowest BCUT2D eigenvalue weighted by atomic mass is 9.82. The fourth-order valence-corrected chi connectivity index (χ4v) is 5.57. The summed E-state index contributed by atoms with van der Waals surface area (Å²) in [7, 11) is 0. The normalized spacial score (nSPS) is 21.4. The molecule has 9 heteroatoms. The van der Waals surface area contributed by atoms with Gasteiger partial charge >= 0.3 is 17.9 Å². The molecule has 0 aliphatic heterocycles. The van der Waals surface area contributed by atoms with Crippen molar-refractivity contribution in [1.29, 1.82) is 5.26 Å². The molecule has 0 heterocycles. The summed E-state index contributed by atoms with van der Waals surface area (Å²) in [6.45, 7) is 1.41. The summed E-state index contributed by atoms with van der Waals surface area (Å²) in [5.74, 6) is 1.06. The van der Waals surface area contributed by atoms with E-state index in [1.165, 1.54) is 0 Å². The number of hydrogen-bond donors (Lipinski definition) is 3. The monoisotopic (exact) mass is 591 g/mol. The molecule has 5 N–H and O–H groups in total. The van der Waals surface area contributed by atoms with Crippen LogP contribution >= 0.6 is 0 Å². The number of aliphatic carboxylic acids is 1. The third kappa shape index (κ3) is 11.8. The number of esters is 2. The van der Waals surface area contributed by atoms with Crippen molar-refractivity contribution >= 4 is 17.9 Å². The summed E-state index contributed by atoms with van der Waals surface area (Å²) in [6, 6.07) is 16.6. The maximum absolute atomic E-state index is 12.1. The van der Waals surface area contributed by atoms with Gasteiger partial charge < -0.3 is 26.0 Å². The van der Waals surface area contributed by atoms with Crippen molar-refractivity contribution in [2.24, 2.45) is 35.1 Å². The lowest BCUT2D eigenvalue weighted by Gasteiger charge is -2.26. The lowest BCUT2D eigenvalue weighted by Crippen LogP contribution is -2.28. The molecular weight excluding hydrogens is 546 g/mol. The van der Waals surface area contributed by atoms with Crippen molar-refractivity contribution in [2.75, 3.05) is 13.1 Å². The Labute approximate surface area is 254 Å². The van der Waals surface area contributed by atoms with Crippen LogP contribution in [0.15, 0.2) is 48.5 Å². The number of carbonyl (C=O) groups excluding carboxylic acids is 2. The summed E-state index contributed by atoms with van der Waals surface area (Å²) in [4.78, 5) is 34.8. The molecule has 0 saturated heterocycles. The quantitative estimate of drug-likeness (QED) is 0.235. The maximum atomic E-state index is 12.1. The molecule has 0 spiro atoms. The molecule has 9 nitrogen and oxygen atoms in total. The van der Waals surface area contributed by atoms with Crippen molar-refractivity contribution in [1.82, 2.24) is 0 Å². The van der Waals surface area contributed by atoms with Gasteiger partial charge in [-0.2, -0.15) is 5.26 Å². The Balaban J connectivity index is 0.000000236. The molecule has 0 unspecified atom stereocenters. The highest BCUT2D eigenvalue weighted by atomic mass is 16.5. The molecule has 0 atom stereocenters. The first-order valence-corrected chi connectivity index (χ1v) is 15.4. The number of carbonyl (C=O) groups is 3. The molecule has 0 amide bonds. The molecule has 0 bridgehead atoms. The summed E-state index contributed by atoms with van der Waals surface area (Å²) in [6.07, 6.45) is 9.27. The van der Waals surface area contributed by atoms with Gasteiger partial charge in [0.05, 0.1) is 17.9 Å². The first-order chi connectivity index (χ1) is 20.8. The molecule has 2 aromatic carbocycles. The van der Waals surface area contributed by atoms with E-state index in [0.29, 0.717) is 49.3 Å². The number of hydrogen-bond acceptors (Lipinski definition) is 8. The molecule has 43 heavy (non-hydrogen) atoms. The minimum atomic E-state index is -0.816. The number of carboxylic acid groups (broad SMARTS) is 1. The molecule has 2 aliphatic carbocycles. The standard InChI is InChI=1S/C17H22N2O2.C17H23NO4/c18-11-1-2-13-5-9-16(10-6-13)21-17(20)15-7-3-14(12-19)4-8-15;18-11-13-1-6-14(7-2-13)17(21)22-15-8-3-12(4-9-15)5-10-16(19)20/h5-6,9-10,14-15H,1-4,7-8,12,19H2;3-4,8-9,13-14H,1-2,5-7,10-11,18H2,(H,19,20). The van der Waals surface area contributed by atoms with Gasteiger partial charge in [-0.1, -0.05) is 24.3 Å². The summed E-state index contributed by atoms with van der Waals surface area (Å²) < 4.78 is 10.9. The number of rotatable bonds is 11. The van der Waals surface area contributed by atoms with Crippen molar-refractivity contribution in [2.45, 2.75) is 77.0 Å². The Kier molecular flexibility index (Phi) is 14.2. The van der Waals surface area contributed by atoms with E-state index in [4.69, 9.17) is 31.3 Å². The Morgan fingerprint density at radius 3 is 1.44 bits per heavy atom. The Morgan fingerprint density at radius 2 is 1.09 bits per heavy atom. The second kappa shape index (κ2) is 18.0. The van der Waals surface area contributed by atoms with E-state index >= 15 is 0 Å². The van der Waals surface area contributed by atoms with Gasteiger partial charge in [0.1, 0.15) is 11.5 Å². The van der Waals surface area contributed by atoms with Crippen molar-refractivity contribution in [3.05, 3.63) is 59.7 Å². The molecule has 2 fully saturated rings. The van der Waals surface area contributed by atoms with Crippen LogP contribution in [0.4, 0.5) is 0 Å². The number of nitrogens with zero attached hydrogens (tertiary/aromatic N) is 1. The highest BCUT2D eigenvalue weighted by Crippen LogP contribution is 2.30. The highest BCUT2D eigenvalue weighted by Gasteiger charge is 2.28. The second-order valence-electron chi connectivity index (χ2n) is 11.6. The smallest absolute Gasteiger partial charge is 0.314 e. The van der Waals surface area contributed by atoms with Crippen LogP contribution in [0.5, 0.6) is 11.5 Å². The third-order valence-corrected chi connectivity index (χ3v) is 8.46. The largest absolute Gasteiger partial charge is 0.481 e. The number of benzene rings is 2. The van der Waals surface area contributed by atoms with Gasteiger partial charge in [0, 0.05) is 12.8 Å². The molecule has 2 aliphatic rings. The average Bonchev–Trinajstić information content (AvgIpc) is 3.04. The summed E-state index contributed by atoms with van der Waals surface area (Å²) in [5, 5.41) is 17.2.